The van der Waals surface area contributed by atoms with Crippen molar-refractivity contribution in [2.45, 2.75) is 32.2 Å². The fourth-order valence-corrected chi connectivity index (χ4v) is 5.00. The van der Waals surface area contributed by atoms with Crippen LogP contribution in [0.3, 0.4) is 0 Å². The number of aryl methyl sites for hydroxylation is 1. The molecular weight excluding hydrogens is 386 g/mol. The summed E-state index contributed by atoms with van der Waals surface area (Å²) in [7, 11) is 3.61. The summed E-state index contributed by atoms with van der Waals surface area (Å²) < 4.78 is 5.02. The van der Waals surface area contributed by atoms with Gasteiger partial charge < -0.3 is 20.3 Å². The Morgan fingerprint density at radius 1 is 1.17 bits per heavy atom. The van der Waals surface area contributed by atoms with Gasteiger partial charge in [0.2, 0.25) is 0 Å². The van der Waals surface area contributed by atoms with Crippen molar-refractivity contribution in [3.8, 4) is 0 Å². The zero-order valence-corrected chi connectivity index (χ0v) is 18.0. The predicted octanol–water partition coefficient (Wildman–Crippen LogP) is 1.66. The summed E-state index contributed by atoms with van der Waals surface area (Å²) in [5.74, 6) is -0.190. The second kappa shape index (κ2) is 10.5. The number of ether oxygens (including phenoxy) is 1. The molecule has 3 rings (SSSR count). The van der Waals surface area contributed by atoms with Crippen molar-refractivity contribution in [2.75, 3.05) is 39.2 Å². The number of thiophene rings is 1. The van der Waals surface area contributed by atoms with Gasteiger partial charge in [0.15, 0.2) is 6.54 Å². The average molecular weight is 417 g/mol. The molecule has 7 heteroatoms. The molecule has 0 saturated carbocycles. The number of fused-ring (bicyclic) bond motifs is 1. The Morgan fingerprint density at radius 3 is 2.69 bits per heavy atom. The van der Waals surface area contributed by atoms with Gasteiger partial charge in [-0.25, -0.2) is 0 Å². The second-order valence-corrected chi connectivity index (χ2v) is 8.61. The molecule has 0 aliphatic heterocycles. The van der Waals surface area contributed by atoms with Gasteiger partial charge in [0.25, 0.3) is 11.8 Å². The molecule has 1 aromatic carbocycles. The second-order valence-electron chi connectivity index (χ2n) is 7.51. The quantitative estimate of drug-likeness (QED) is 0.545. The average Bonchev–Trinajstić information content (AvgIpc) is 3.06. The van der Waals surface area contributed by atoms with Gasteiger partial charge in [-0.05, 0) is 31.2 Å². The number of nitrogens with one attached hydrogen (secondary N) is 3. The van der Waals surface area contributed by atoms with E-state index in [0.29, 0.717) is 30.3 Å². The Kier molecular flexibility index (Phi) is 7.80. The van der Waals surface area contributed by atoms with E-state index in [9.17, 15) is 9.59 Å². The maximum absolute atomic E-state index is 12.8. The van der Waals surface area contributed by atoms with Crippen LogP contribution >= 0.6 is 11.3 Å². The zero-order valence-electron chi connectivity index (χ0n) is 17.2. The lowest BCUT2D eigenvalue weighted by atomic mass is 9.95. The predicted molar refractivity (Wildman–Crippen MR) is 116 cm³/mol. The maximum Gasteiger partial charge on any atom is 0.280 e. The Labute approximate surface area is 176 Å². The van der Waals surface area contributed by atoms with Crippen molar-refractivity contribution in [3.63, 3.8) is 0 Å². The van der Waals surface area contributed by atoms with Gasteiger partial charge in [-0.1, -0.05) is 30.3 Å². The first-order valence-corrected chi connectivity index (χ1v) is 11.0. The fraction of sp³-hybridized carbons (Fsp3) is 0.455. The van der Waals surface area contributed by atoms with Crippen molar-refractivity contribution in [3.05, 3.63) is 51.9 Å². The number of hydrogen-bond acceptors (Lipinski definition) is 4. The summed E-state index contributed by atoms with van der Waals surface area (Å²) in [5.41, 5.74) is 2.95. The van der Waals surface area contributed by atoms with Gasteiger partial charge in [0.1, 0.15) is 11.5 Å². The molecule has 1 aliphatic rings. The minimum atomic E-state index is -0.123. The lowest BCUT2D eigenvalue weighted by molar-refractivity contribution is -0.885. The summed E-state index contributed by atoms with van der Waals surface area (Å²) >= 11 is 1.56. The number of benzene rings is 1. The number of anilines is 1. The van der Waals surface area contributed by atoms with E-state index in [1.54, 1.807) is 18.4 Å². The lowest BCUT2D eigenvalue weighted by Gasteiger charge is -2.15. The van der Waals surface area contributed by atoms with Crippen molar-refractivity contribution in [1.29, 1.82) is 0 Å². The van der Waals surface area contributed by atoms with Gasteiger partial charge >= 0.3 is 0 Å². The molecule has 1 atom stereocenters. The topological polar surface area (TPSA) is 71.9 Å². The molecule has 0 bridgehead atoms. The molecule has 29 heavy (non-hydrogen) atoms. The highest BCUT2D eigenvalue weighted by Crippen LogP contribution is 2.38. The van der Waals surface area contributed by atoms with Crippen LogP contribution in [0.25, 0.3) is 0 Å². The Balaban J connectivity index is 1.68. The number of carbonyl (C=O) groups excluding carboxylic acids is 2. The molecule has 0 radical (unpaired) electrons. The van der Waals surface area contributed by atoms with E-state index in [-0.39, 0.29) is 11.8 Å². The number of quaternary nitrogens is 1. The van der Waals surface area contributed by atoms with E-state index >= 15 is 0 Å². The minimum absolute atomic E-state index is 0.0667. The molecule has 1 unspecified atom stereocenters. The summed E-state index contributed by atoms with van der Waals surface area (Å²) in [4.78, 5) is 27.8. The molecule has 1 heterocycles. The summed E-state index contributed by atoms with van der Waals surface area (Å²) in [5, 5.41) is 6.62. The smallest absolute Gasteiger partial charge is 0.280 e. The van der Waals surface area contributed by atoms with Crippen LogP contribution < -0.4 is 15.5 Å². The molecule has 6 nitrogen and oxygen atoms in total. The van der Waals surface area contributed by atoms with Crippen LogP contribution in [0.2, 0.25) is 0 Å². The van der Waals surface area contributed by atoms with Crippen LogP contribution in [0.5, 0.6) is 0 Å². The zero-order chi connectivity index (χ0) is 20.6. The first kappa shape index (κ1) is 21.5. The molecular formula is C22H30N3O3S+. The van der Waals surface area contributed by atoms with Crippen molar-refractivity contribution in [1.82, 2.24) is 5.32 Å². The van der Waals surface area contributed by atoms with E-state index < -0.39 is 0 Å². The highest BCUT2D eigenvalue weighted by Gasteiger charge is 2.26. The number of likely N-dealkylation sites (N-methyl/N-ethyl adjacent to an activating group) is 1. The van der Waals surface area contributed by atoms with Gasteiger partial charge in [-0.2, -0.15) is 0 Å². The highest BCUT2D eigenvalue weighted by atomic mass is 32.1. The van der Waals surface area contributed by atoms with Crippen molar-refractivity contribution < 1.29 is 19.2 Å². The third-order valence-corrected chi connectivity index (χ3v) is 6.26. The summed E-state index contributed by atoms with van der Waals surface area (Å²) in [6.07, 6.45) is 4.09. The largest absolute Gasteiger partial charge is 0.383 e. The first-order chi connectivity index (χ1) is 14.1. The Hall–Kier alpha value is -2.22. The highest BCUT2D eigenvalue weighted by molar-refractivity contribution is 7.17. The molecule has 2 amide bonds. The lowest BCUT2D eigenvalue weighted by Crippen LogP contribution is -3.08. The van der Waals surface area contributed by atoms with Gasteiger partial charge in [0, 0.05) is 24.1 Å². The number of carbonyl (C=O) groups is 2. The van der Waals surface area contributed by atoms with Crippen LogP contribution in [-0.2, 0) is 28.9 Å². The molecule has 0 saturated heterocycles. The molecule has 0 fully saturated rings. The first-order valence-electron chi connectivity index (χ1n) is 10.1. The third kappa shape index (κ3) is 5.88. The van der Waals surface area contributed by atoms with Gasteiger partial charge in [-0.3, -0.25) is 9.59 Å². The normalized spacial score (nSPS) is 14.1. The maximum atomic E-state index is 12.8. The van der Waals surface area contributed by atoms with Crippen LogP contribution in [0.15, 0.2) is 30.3 Å². The Bertz CT molecular complexity index is 835. The monoisotopic (exact) mass is 416 g/mol. The number of methoxy groups -OCH3 is 1. The van der Waals surface area contributed by atoms with Gasteiger partial charge in [0.05, 0.1) is 19.2 Å². The fourth-order valence-electron chi connectivity index (χ4n) is 3.70. The number of amides is 2. The molecule has 1 aromatic heterocycles. The van der Waals surface area contributed by atoms with Crippen LogP contribution in [0.4, 0.5) is 5.00 Å². The third-order valence-electron chi connectivity index (χ3n) is 5.05. The van der Waals surface area contributed by atoms with Crippen LogP contribution in [0, 0.1) is 0 Å². The Morgan fingerprint density at radius 2 is 1.93 bits per heavy atom. The summed E-state index contributed by atoms with van der Waals surface area (Å²) in [6.45, 7) is 2.05. The van der Waals surface area contributed by atoms with E-state index in [2.05, 4.69) is 22.8 Å². The van der Waals surface area contributed by atoms with Crippen molar-refractivity contribution in [2.24, 2.45) is 0 Å². The molecule has 3 N–H and O–H groups in total. The van der Waals surface area contributed by atoms with E-state index in [1.165, 1.54) is 10.4 Å². The minimum Gasteiger partial charge on any atom is -0.383 e. The summed E-state index contributed by atoms with van der Waals surface area (Å²) in [6, 6.07) is 10.1. The van der Waals surface area contributed by atoms with Gasteiger partial charge in [-0.15, -0.1) is 11.3 Å². The van der Waals surface area contributed by atoms with E-state index in [4.69, 9.17) is 4.74 Å². The van der Waals surface area contributed by atoms with E-state index in [0.717, 1.165) is 42.7 Å². The SMILES string of the molecule is COCCNC(=O)c1c(NC(=O)C[NH+](C)Cc2ccccc2)sc2c1CCCC2. The van der Waals surface area contributed by atoms with Crippen LogP contribution in [-0.4, -0.2) is 45.7 Å². The molecule has 156 valence electrons. The van der Waals surface area contributed by atoms with Crippen molar-refractivity contribution >= 4 is 28.2 Å². The van der Waals surface area contributed by atoms with E-state index in [1.807, 2.05) is 25.2 Å². The molecule has 0 spiro atoms. The standard InChI is InChI=1S/C22H29N3O3S/c1-25(14-16-8-4-3-5-9-16)15-19(26)24-22-20(21(27)23-12-13-28-2)17-10-6-7-11-18(17)29-22/h3-5,8-9H,6-7,10-15H2,1-2H3,(H,23,27)(H,24,26)/p+1. The molecule has 2 aromatic rings. The van der Waals surface area contributed by atoms with Crippen LogP contribution in [0.1, 0.15) is 39.2 Å². The number of hydrogen-bond donors (Lipinski definition) is 3. The number of rotatable bonds is 9. The molecule has 1 aliphatic carbocycles.